The molecule has 2 saturated heterocycles. The average Bonchev–Trinajstić information content (AvgIpc) is 3.27. The topological polar surface area (TPSA) is 101 Å². The summed E-state index contributed by atoms with van der Waals surface area (Å²) in [6, 6.07) is 0.480. The van der Waals surface area contributed by atoms with E-state index in [-0.39, 0.29) is 70.8 Å². The second-order valence-electron chi connectivity index (χ2n) is 14.5. The van der Waals surface area contributed by atoms with Crippen LogP contribution >= 0.6 is 0 Å². The molecule has 4 atom stereocenters. The number of ether oxygens (including phenoxy) is 1. The Morgan fingerprint density at radius 3 is 2.20 bits per heavy atom. The molecule has 2 aliphatic rings. The number of aryl methyl sites for hydroxylation is 2. The van der Waals surface area contributed by atoms with Crippen molar-refractivity contribution in [3.63, 3.8) is 0 Å². The predicted molar refractivity (Wildman–Crippen MR) is 189 cm³/mol. The lowest BCUT2D eigenvalue weighted by atomic mass is 9.88. The van der Waals surface area contributed by atoms with E-state index < -0.39 is 70.7 Å². The summed E-state index contributed by atoms with van der Waals surface area (Å²) in [5, 5.41) is 12.3. The number of carboxylic acid groups (broad SMARTS) is 1. The van der Waals surface area contributed by atoms with Crippen LogP contribution in [0.3, 0.4) is 0 Å². The van der Waals surface area contributed by atoms with Gasteiger partial charge in [-0.3, -0.25) is 19.3 Å². The number of amides is 1. The van der Waals surface area contributed by atoms with Gasteiger partial charge in [-0.2, -0.15) is 13.2 Å². The Morgan fingerprint density at radius 2 is 1.65 bits per heavy atom. The molecule has 2 aromatic carbocycles. The molecule has 1 amide bonds. The zero-order chi connectivity index (χ0) is 39.6. The minimum absolute atomic E-state index is 0.0647. The number of nitrogens with one attached hydrogen (secondary N) is 1. The summed E-state index contributed by atoms with van der Waals surface area (Å²) in [5.74, 6) is -0.677. The van der Waals surface area contributed by atoms with Crippen LogP contribution in [0.1, 0.15) is 91.9 Å². The summed E-state index contributed by atoms with van der Waals surface area (Å²) in [4.78, 5) is 41.8. The van der Waals surface area contributed by atoms with E-state index in [9.17, 15) is 37.1 Å². The minimum atomic E-state index is -4.87. The van der Waals surface area contributed by atoms with Gasteiger partial charge in [0.25, 0.3) is 5.56 Å². The molecule has 2 N–H and O–H groups in total. The molecule has 3 heterocycles. The third kappa shape index (κ3) is 8.68. The van der Waals surface area contributed by atoms with E-state index in [1.807, 2.05) is 0 Å². The molecular weight excluding hydrogens is 716 g/mol. The Labute approximate surface area is 309 Å². The summed E-state index contributed by atoms with van der Waals surface area (Å²) in [6.45, 7) is 9.11. The minimum Gasteiger partial charge on any atom is -0.481 e. The zero-order valence-electron chi connectivity index (χ0n) is 30.7. The maximum atomic E-state index is 16.8. The molecule has 5 rings (SSSR count). The molecule has 54 heavy (non-hydrogen) atoms. The number of fused-ring (bicyclic) bond motifs is 2. The Bertz CT molecular complexity index is 2010. The van der Waals surface area contributed by atoms with E-state index in [1.54, 1.807) is 13.8 Å². The maximum Gasteiger partial charge on any atom is 0.416 e. The van der Waals surface area contributed by atoms with E-state index in [0.717, 1.165) is 41.8 Å². The lowest BCUT2D eigenvalue weighted by Gasteiger charge is -2.34. The Hall–Kier alpha value is -4.61. The van der Waals surface area contributed by atoms with Gasteiger partial charge in [-0.1, -0.05) is 19.8 Å². The molecule has 0 saturated carbocycles. The zero-order valence-corrected chi connectivity index (χ0v) is 30.7. The van der Waals surface area contributed by atoms with Gasteiger partial charge in [-0.25, -0.2) is 13.2 Å². The lowest BCUT2D eigenvalue weighted by molar-refractivity contribution is -0.139. The van der Waals surface area contributed by atoms with Crippen LogP contribution < -0.4 is 10.9 Å². The van der Waals surface area contributed by atoms with Crippen molar-refractivity contribution in [1.29, 1.82) is 0 Å². The van der Waals surface area contributed by atoms with Crippen molar-refractivity contribution >= 4 is 11.9 Å². The number of nitrogens with zero attached hydrogens (tertiary/aromatic N) is 2. The fraction of sp³-hybridized carbons (Fsp3) is 0.475. The largest absolute Gasteiger partial charge is 0.481 e. The Morgan fingerprint density at radius 1 is 1.02 bits per heavy atom. The summed E-state index contributed by atoms with van der Waals surface area (Å²) >= 11 is 0. The lowest BCUT2D eigenvalue weighted by Crippen LogP contribution is -2.46. The van der Waals surface area contributed by atoms with Crippen LogP contribution in [0.2, 0.25) is 0 Å². The number of morpholine rings is 1. The molecule has 3 aromatic rings. The van der Waals surface area contributed by atoms with Crippen LogP contribution in [0.15, 0.2) is 35.3 Å². The normalized spacial score (nSPS) is 18.3. The van der Waals surface area contributed by atoms with Crippen molar-refractivity contribution in [2.45, 2.75) is 97.1 Å². The van der Waals surface area contributed by atoms with Gasteiger partial charge in [0, 0.05) is 47.6 Å². The predicted octanol–water partition coefficient (Wildman–Crippen LogP) is 7.26. The van der Waals surface area contributed by atoms with Gasteiger partial charge in [0.05, 0.1) is 31.2 Å². The smallest absolute Gasteiger partial charge is 0.416 e. The van der Waals surface area contributed by atoms with Crippen LogP contribution in [0.5, 0.6) is 0 Å². The standard InChI is InChI=1S/C40H43F6N3O5/c1-6-7-24-15-30(42)37(38(43)36(24)35-22(4)13-26(41)14-23(35)5)31(17-34(51)52)47-39(53)32(12-21(2)3)49-18-25(29(16-33(49)50)40(44,45)46)10-11-48-27-8-9-28(48)20-54-19-27/h13-16,18,21,27-28,31-32H,8-12,17,19-20H2,1-5H3,(H,47,53)(H,51,52)/t27?,28?,31-,32-/m1/s1. The van der Waals surface area contributed by atoms with E-state index in [1.165, 1.54) is 20.8 Å². The van der Waals surface area contributed by atoms with Crippen LogP contribution in [0.4, 0.5) is 26.3 Å². The molecule has 14 heteroatoms. The molecular formula is C40H43F6N3O5. The van der Waals surface area contributed by atoms with Gasteiger partial charge < -0.3 is 19.7 Å². The summed E-state index contributed by atoms with van der Waals surface area (Å²) in [6.07, 6.45) is -3.32. The van der Waals surface area contributed by atoms with Crippen molar-refractivity contribution in [1.82, 2.24) is 14.8 Å². The van der Waals surface area contributed by atoms with E-state index in [0.29, 0.717) is 19.3 Å². The maximum absolute atomic E-state index is 16.8. The summed E-state index contributed by atoms with van der Waals surface area (Å²) in [7, 11) is 0. The molecule has 2 bridgehead atoms. The van der Waals surface area contributed by atoms with Crippen molar-refractivity contribution in [3.8, 4) is 23.0 Å². The second-order valence-corrected chi connectivity index (χ2v) is 14.5. The third-order valence-electron chi connectivity index (χ3n) is 10.1. The highest BCUT2D eigenvalue weighted by Crippen LogP contribution is 2.39. The third-order valence-corrected chi connectivity index (χ3v) is 10.1. The molecule has 0 spiro atoms. The highest BCUT2D eigenvalue weighted by molar-refractivity contribution is 5.83. The number of carbonyl (C=O) groups is 2. The molecule has 0 aliphatic carbocycles. The van der Waals surface area contributed by atoms with Crippen molar-refractivity contribution < 1.29 is 45.8 Å². The quantitative estimate of drug-likeness (QED) is 0.149. The number of hydrogen-bond donors (Lipinski definition) is 2. The Kier molecular flexibility index (Phi) is 12.3. The van der Waals surface area contributed by atoms with Crippen molar-refractivity contribution in [3.05, 3.63) is 91.6 Å². The molecule has 8 nitrogen and oxygen atoms in total. The number of aliphatic carboxylic acids is 1. The molecule has 2 fully saturated rings. The first-order valence-corrected chi connectivity index (χ1v) is 17.8. The number of alkyl halides is 3. The van der Waals surface area contributed by atoms with E-state index in [2.05, 4.69) is 22.1 Å². The number of benzene rings is 2. The molecule has 1 aromatic heterocycles. The van der Waals surface area contributed by atoms with Crippen LogP contribution in [-0.2, 0) is 26.9 Å². The van der Waals surface area contributed by atoms with Gasteiger partial charge in [-0.15, -0.1) is 5.92 Å². The number of carboxylic acids is 1. The van der Waals surface area contributed by atoms with Gasteiger partial charge >= 0.3 is 12.1 Å². The van der Waals surface area contributed by atoms with Gasteiger partial charge in [0.1, 0.15) is 23.5 Å². The first-order chi connectivity index (χ1) is 25.4. The van der Waals surface area contributed by atoms with E-state index in [4.69, 9.17) is 4.74 Å². The molecule has 2 unspecified atom stereocenters. The highest BCUT2D eigenvalue weighted by atomic mass is 19.4. The number of rotatable bonds is 12. The number of carbonyl (C=O) groups excluding carboxylic acids is 1. The SMILES string of the molecule is CC#Cc1cc(F)c([C@@H](CC(=O)O)NC(=O)[C@@H](CC(C)C)n2cc(CCN3C4CCC3COC4)c(C(F)(F)F)cc2=O)c(F)c1-c1c(C)cc(F)cc1C. The monoisotopic (exact) mass is 759 g/mol. The molecule has 290 valence electrons. The number of halogens is 6. The number of aromatic nitrogens is 1. The first-order valence-electron chi connectivity index (χ1n) is 17.8. The van der Waals surface area contributed by atoms with Crippen LogP contribution in [-0.4, -0.2) is 58.3 Å². The summed E-state index contributed by atoms with van der Waals surface area (Å²) < 4.78 is 96.4. The average molecular weight is 760 g/mol. The molecule has 0 radical (unpaired) electrons. The fourth-order valence-electron chi connectivity index (χ4n) is 7.82. The first kappa shape index (κ1) is 40.6. The summed E-state index contributed by atoms with van der Waals surface area (Å²) in [5.41, 5.74) is -2.83. The van der Waals surface area contributed by atoms with Gasteiger partial charge in [-0.05, 0) is 92.8 Å². The number of pyridine rings is 1. The van der Waals surface area contributed by atoms with E-state index >= 15 is 8.78 Å². The second kappa shape index (κ2) is 16.4. The Balaban J connectivity index is 1.58. The van der Waals surface area contributed by atoms with Crippen molar-refractivity contribution in [2.24, 2.45) is 5.92 Å². The fourth-order valence-corrected chi connectivity index (χ4v) is 7.82. The molecule has 2 aliphatic heterocycles. The van der Waals surface area contributed by atoms with Crippen molar-refractivity contribution in [2.75, 3.05) is 19.8 Å². The van der Waals surface area contributed by atoms with Gasteiger partial charge in [0.15, 0.2) is 0 Å². The van der Waals surface area contributed by atoms with Crippen LogP contribution in [0.25, 0.3) is 11.1 Å². The highest BCUT2D eigenvalue weighted by Gasteiger charge is 2.39. The number of hydrogen-bond acceptors (Lipinski definition) is 5. The van der Waals surface area contributed by atoms with Gasteiger partial charge in [0.2, 0.25) is 5.91 Å². The van der Waals surface area contributed by atoms with Crippen LogP contribution in [0, 0.1) is 49.1 Å².